The average molecular weight is 554 g/mol. The van der Waals surface area contributed by atoms with Gasteiger partial charge < -0.3 is 19.7 Å². The number of ether oxygens (including phenoxy) is 2. The lowest BCUT2D eigenvalue weighted by molar-refractivity contribution is -0.140. The Labute approximate surface area is 224 Å². The minimum absolute atomic E-state index is 0.0808. The van der Waals surface area contributed by atoms with Crippen LogP contribution in [0.5, 0.6) is 11.5 Å². The molecule has 204 valence electrons. The first-order valence-electron chi connectivity index (χ1n) is 12.0. The fourth-order valence-electron chi connectivity index (χ4n) is 3.74. The number of benzene rings is 2. The molecule has 2 aromatic carbocycles. The van der Waals surface area contributed by atoms with Crippen molar-refractivity contribution in [1.29, 1.82) is 0 Å². The Balaban J connectivity index is 2.50. The van der Waals surface area contributed by atoms with Gasteiger partial charge in [0.05, 0.1) is 26.2 Å². The van der Waals surface area contributed by atoms with Crippen molar-refractivity contribution in [2.75, 3.05) is 31.3 Å². The largest absolute Gasteiger partial charge is 0.497 e. The zero-order chi connectivity index (χ0) is 27.8. The third-order valence-corrected chi connectivity index (χ3v) is 7.35. The van der Waals surface area contributed by atoms with Gasteiger partial charge in [-0.3, -0.25) is 13.9 Å². The van der Waals surface area contributed by atoms with Crippen molar-refractivity contribution in [2.24, 2.45) is 0 Å². The summed E-state index contributed by atoms with van der Waals surface area (Å²) in [6.07, 6.45) is 2.07. The normalized spacial score (nSPS) is 12.8. The van der Waals surface area contributed by atoms with Gasteiger partial charge in [0, 0.05) is 17.6 Å². The number of rotatable bonds is 13. The molecule has 0 aliphatic carbocycles. The van der Waals surface area contributed by atoms with Crippen LogP contribution in [0.3, 0.4) is 0 Å². The van der Waals surface area contributed by atoms with E-state index in [0.717, 1.165) is 22.5 Å². The first-order valence-corrected chi connectivity index (χ1v) is 14.2. The van der Waals surface area contributed by atoms with Gasteiger partial charge in [0.15, 0.2) is 0 Å². The Morgan fingerprint density at radius 3 is 2.19 bits per heavy atom. The van der Waals surface area contributed by atoms with E-state index in [-0.39, 0.29) is 35.0 Å². The van der Waals surface area contributed by atoms with Crippen LogP contribution in [0.25, 0.3) is 0 Å². The molecule has 2 atom stereocenters. The maximum atomic E-state index is 13.8. The van der Waals surface area contributed by atoms with Gasteiger partial charge in [0.25, 0.3) is 0 Å². The summed E-state index contributed by atoms with van der Waals surface area (Å²) in [6, 6.07) is 10.7. The van der Waals surface area contributed by atoms with Crippen LogP contribution < -0.4 is 19.1 Å². The lowest BCUT2D eigenvalue weighted by Crippen LogP contribution is -2.53. The number of methoxy groups -OCH3 is 2. The Kier molecular flexibility index (Phi) is 11.1. The molecule has 0 radical (unpaired) electrons. The summed E-state index contributed by atoms with van der Waals surface area (Å²) < 4.78 is 37.1. The lowest BCUT2D eigenvalue weighted by Gasteiger charge is -2.33. The second-order valence-corrected chi connectivity index (χ2v) is 11.0. The van der Waals surface area contributed by atoms with Gasteiger partial charge in [-0.2, -0.15) is 0 Å². The molecule has 0 aliphatic heterocycles. The van der Waals surface area contributed by atoms with Crippen LogP contribution in [-0.2, 0) is 26.2 Å². The van der Waals surface area contributed by atoms with E-state index in [0.29, 0.717) is 12.2 Å². The summed E-state index contributed by atoms with van der Waals surface area (Å²) in [4.78, 5) is 28.4. The summed E-state index contributed by atoms with van der Waals surface area (Å²) in [5, 5.41) is 3.22. The van der Waals surface area contributed by atoms with Crippen molar-refractivity contribution < 1.29 is 27.5 Å². The Hall–Kier alpha value is -2.98. The van der Waals surface area contributed by atoms with Gasteiger partial charge >= 0.3 is 0 Å². The van der Waals surface area contributed by atoms with Crippen molar-refractivity contribution in [3.63, 3.8) is 0 Å². The van der Waals surface area contributed by atoms with Crippen molar-refractivity contribution in [3.05, 3.63) is 53.1 Å². The fraction of sp³-hybridized carbons (Fsp3) is 0.462. The van der Waals surface area contributed by atoms with Crippen molar-refractivity contribution >= 4 is 39.1 Å². The molecule has 0 fully saturated rings. The second kappa shape index (κ2) is 13.5. The number of amides is 2. The topological polar surface area (TPSA) is 105 Å². The molecule has 2 rings (SSSR count). The Morgan fingerprint density at radius 2 is 1.68 bits per heavy atom. The molecule has 1 N–H and O–H groups in total. The first kappa shape index (κ1) is 30.2. The van der Waals surface area contributed by atoms with E-state index >= 15 is 0 Å². The quantitative estimate of drug-likeness (QED) is 0.404. The van der Waals surface area contributed by atoms with Crippen LogP contribution in [-0.4, -0.2) is 64.2 Å². The number of hydrogen-bond donors (Lipinski definition) is 1. The van der Waals surface area contributed by atoms with Crippen LogP contribution in [0.2, 0.25) is 5.02 Å². The standard InChI is InChI=1S/C26H36ClN3O6S/c1-7-18(3)28-26(32)22(8-2)29(16-19-9-12-21(35-4)13-10-19)25(31)17-30(37(6,33)34)23-15-20(27)11-14-24(23)36-5/h9-15,18,22H,7-8,16-17H2,1-6H3,(H,28,32)/t18-,22+/m1/s1. The number of sulfonamides is 1. The second-order valence-electron chi connectivity index (χ2n) is 8.70. The summed E-state index contributed by atoms with van der Waals surface area (Å²) in [5.41, 5.74) is 0.891. The molecule has 37 heavy (non-hydrogen) atoms. The van der Waals surface area contributed by atoms with E-state index in [9.17, 15) is 18.0 Å². The molecule has 0 bridgehead atoms. The molecule has 0 spiro atoms. The zero-order valence-corrected chi connectivity index (χ0v) is 23.7. The van der Waals surface area contributed by atoms with Gasteiger partial charge in [0.2, 0.25) is 21.8 Å². The molecule has 0 saturated heterocycles. The van der Waals surface area contributed by atoms with Gasteiger partial charge in [-0.25, -0.2) is 8.42 Å². The number of carbonyl (C=O) groups is 2. The van der Waals surface area contributed by atoms with Gasteiger partial charge in [-0.1, -0.05) is 37.6 Å². The molecule has 2 amide bonds. The molecule has 0 aliphatic rings. The first-order chi connectivity index (χ1) is 17.4. The number of nitrogens with zero attached hydrogens (tertiary/aromatic N) is 2. The van der Waals surface area contributed by atoms with Crippen LogP contribution in [0, 0.1) is 0 Å². The highest BCUT2D eigenvalue weighted by atomic mass is 35.5. The highest BCUT2D eigenvalue weighted by Gasteiger charge is 2.33. The third-order valence-electron chi connectivity index (χ3n) is 5.99. The average Bonchev–Trinajstić information content (AvgIpc) is 2.86. The van der Waals surface area contributed by atoms with Gasteiger partial charge in [-0.15, -0.1) is 0 Å². The Bertz CT molecular complexity index is 1170. The minimum atomic E-state index is -3.92. The smallest absolute Gasteiger partial charge is 0.244 e. The highest BCUT2D eigenvalue weighted by Crippen LogP contribution is 2.33. The van der Waals surface area contributed by atoms with Crippen molar-refractivity contribution in [1.82, 2.24) is 10.2 Å². The zero-order valence-electron chi connectivity index (χ0n) is 22.2. The van der Waals surface area contributed by atoms with Crippen LogP contribution >= 0.6 is 11.6 Å². The monoisotopic (exact) mass is 553 g/mol. The third kappa shape index (κ3) is 8.26. The van der Waals surface area contributed by atoms with Crippen molar-refractivity contribution in [3.8, 4) is 11.5 Å². The predicted octanol–water partition coefficient (Wildman–Crippen LogP) is 3.85. The van der Waals surface area contributed by atoms with E-state index in [2.05, 4.69) is 5.32 Å². The van der Waals surface area contributed by atoms with E-state index in [1.165, 1.54) is 24.1 Å². The molecular weight excluding hydrogens is 518 g/mol. The van der Waals surface area contributed by atoms with Crippen LogP contribution in [0.4, 0.5) is 5.69 Å². The van der Waals surface area contributed by atoms with Crippen LogP contribution in [0.1, 0.15) is 39.2 Å². The molecule has 0 unspecified atom stereocenters. The molecule has 9 nitrogen and oxygen atoms in total. The summed E-state index contributed by atoms with van der Waals surface area (Å²) in [7, 11) is -0.967. The van der Waals surface area contributed by atoms with E-state index in [1.54, 1.807) is 37.4 Å². The molecule has 0 aromatic heterocycles. The molecule has 11 heteroatoms. The fourth-order valence-corrected chi connectivity index (χ4v) is 4.75. The number of halogens is 1. The molecular formula is C26H36ClN3O6S. The number of nitrogens with one attached hydrogen (secondary N) is 1. The lowest BCUT2D eigenvalue weighted by atomic mass is 10.1. The SMILES string of the molecule is CC[C@@H](C)NC(=O)[C@H](CC)N(Cc1ccc(OC)cc1)C(=O)CN(c1cc(Cl)ccc1OC)S(C)(=O)=O. The van der Waals surface area contributed by atoms with Crippen molar-refractivity contribution in [2.45, 2.75) is 52.2 Å². The maximum absolute atomic E-state index is 13.8. The number of hydrogen-bond acceptors (Lipinski definition) is 6. The Morgan fingerprint density at radius 1 is 1.03 bits per heavy atom. The predicted molar refractivity (Wildman–Crippen MR) is 146 cm³/mol. The van der Waals surface area contributed by atoms with E-state index in [4.69, 9.17) is 21.1 Å². The van der Waals surface area contributed by atoms with E-state index < -0.39 is 28.5 Å². The summed E-state index contributed by atoms with van der Waals surface area (Å²) >= 11 is 6.14. The maximum Gasteiger partial charge on any atom is 0.244 e. The molecule has 0 saturated carbocycles. The number of anilines is 1. The van der Waals surface area contributed by atoms with Gasteiger partial charge in [0.1, 0.15) is 24.1 Å². The summed E-state index contributed by atoms with van der Waals surface area (Å²) in [6.45, 7) is 5.20. The van der Waals surface area contributed by atoms with E-state index in [1.807, 2.05) is 20.8 Å². The highest BCUT2D eigenvalue weighted by molar-refractivity contribution is 7.92. The molecule has 2 aromatic rings. The van der Waals surface area contributed by atoms with Gasteiger partial charge in [-0.05, 0) is 55.7 Å². The minimum Gasteiger partial charge on any atom is -0.497 e. The molecule has 0 heterocycles. The number of carbonyl (C=O) groups excluding carboxylic acids is 2. The summed E-state index contributed by atoms with van der Waals surface area (Å²) in [5.74, 6) is 0.0461. The van der Waals surface area contributed by atoms with Crippen LogP contribution in [0.15, 0.2) is 42.5 Å².